The highest BCUT2D eigenvalue weighted by molar-refractivity contribution is 5.80. The molecule has 1 amide bonds. The fourth-order valence-corrected chi connectivity index (χ4v) is 8.84. The number of aliphatic hydroxyl groups excluding tert-OH is 3. The molecule has 0 radical (unpaired) electrons. The van der Waals surface area contributed by atoms with Crippen LogP contribution >= 0.6 is 0 Å². The second-order valence-corrected chi connectivity index (χ2v) is 19.2. The van der Waals surface area contributed by atoms with Crippen LogP contribution in [0.4, 0.5) is 0 Å². The summed E-state index contributed by atoms with van der Waals surface area (Å²) in [6.07, 6.45) is 62.8. The maximum absolute atomic E-state index is 12.5. The van der Waals surface area contributed by atoms with E-state index in [4.69, 9.17) is 0 Å². The van der Waals surface area contributed by atoms with Gasteiger partial charge in [0.1, 0.15) is 6.10 Å². The predicted octanol–water partition coefficient (Wildman–Crippen LogP) is 16.7. The van der Waals surface area contributed by atoms with Gasteiger partial charge in [0.2, 0.25) is 5.91 Å². The minimum Gasteiger partial charge on any atom is -0.394 e. The zero-order valence-electron chi connectivity index (χ0n) is 40.9. The molecule has 0 saturated heterocycles. The number of rotatable bonds is 51. The van der Waals surface area contributed by atoms with Crippen molar-refractivity contribution in [2.75, 3.05) is 6.61 Å². The Morgan fingerprint density at radius 1 is 0.400 bits per heavy atom. The van der Waals surface area contributed by atoms with Gasteiger partial charge >= 0.3 is 0 Å². The third-order valence-corrected chi connectivity index (χ3v) is 13.1. The standard InChI is InChI=1S/C55H109NO4/c1-3-5-7-9-11-13-15-17-19-21-23-25-26-27-28-29-30-32-34-36-38-40-42-44-46-48-50-54(59)55(60)56-52(51-57)53(58)49-47-45-43-41-39-37-35-33-31-24-22-20-18-16-14-12-10-8-6-4-2/h47,49,52-54,57-59H,3-46,48,50-51H2,1-2H3,(H,56,60)/b49-47+. The lowest BCUT2D eigenvalue weighted by Gasteiger charge is -2.21. The Kier molecular flexibility index (Phi) is 50.0. The molecule has 3 atom stereocenters. The van der Waals surface area contributed by atoms with Crippen molar-refractivity contribution in [3.05, 3.63) is 12.2 Å². The summed E-state index contributed by atoms with van der Waals surface area (Å²) < 4.78 is 0. The average Bonchev–Trinajstić information content (AvgIpc) is 3.25. The van der Waals surface area contributed by atoms with Crippen molar-refractivity contribution < 1.29 is 20.1 Å². The molecule has 0 aromatic rings. The Bertz CT molecular complexity index is 848. The van der Waals surface area contributed by atoms with E-state index in [1.165, 1.54) is 257 Å². The molecule has 5 heteroatoms. The molecule has 4 N–H and O–H groups in total. The molecule has 0 aliphatic rings. The van der Waals surface area contributed by atoms with Gasteiger partial charge in [-0.15, -0.1) is 0 Å². The van der Waals surface area contributed by atoms with E-state index in [0.29, 0.717) is 6.42 Å². The van der Waals surface area contributed by atoms with Crippen LogP contribution in [0.3, 0.4) is 0 Å². The minimum absolute atomic E-state index is 0.358. The van der Waals surface area contributed by atoms with Gasteiger partial charge in [-0.3, -0.25) is 4.79 Å². The Balaban J connectivity index is 3.54. The number of hydrogen-bond acceptors (Lipinski definition) is 4. The van der Waals surface area contributed by atoms with Crippen molar-refractivity contribution in [3.63, 3.8) is 0 Å². The van der Waals surface area contributed by atoms with E-state index in [2.05, 4.69) is 19.2 Å². The minimum atomic E-state index is -1.09. The molecule has 0 saturated carbocycles. The van der Waals surface area contributed by atoms with Gasteiger partial charge in [0.25, 0.3) is 0 Å². The largest absolute Gasteiger partial charge is 0.394 e. The van der Waals surface area contributed by atoms with Gasteiger partial charge in [0, 0.05) is 0 Å². The average molecular weight is 848 g/mol. The van der Waals surface area contributed by atoms with Crippen molar-refractivity contribution in [1.82, 2.24) is 5.32 Å². The summed E-state index contributed by atoms with van der Waals surface area (Å²) >= 11 is 0. The van der Waals surface area contributed by atoms with Gasteiger partial charge < -0.3 is 20.6 Å². The number of amides is 1. The Labute approximate surface area is 376 Å². The normalized spacial score (nSPS) is 13.3. The van der Waals surface area contributed by atoms with E-state index in [-0.39, 0.29) is 6.61 Å². The van der Waals surface area contributed by atoms with E-state index >= 15 is 0 Å². The van der Waals surface area contributed by atoms with Crippen molar-refractivity contribution in [1.29, 1.82) is 0 Å². The number of carbonyl (C=O) groups is 1. The van der Waals surface area contributed by atoms with Gasteiger partial charge in [-0.1, -0.05) is 302 Å². The SMILES string of the molecule is CCCCCCCCCCCCCCCCCCCC/C=C/C(O)C(CO)NC(=O)C(O)CCCCCCCCCCCCCCCCCCCCCCCCCCCC. The highest BCUT2D eigenvalue weighted by Crippen LogP contribution is 2.18. The molecule has 358 valence electrons. The number of hydrogen-bond donors (Lipinski definition) is 4. The Hall–Kier alpha value is -0.910. The van der Waals surface area contributed by atoms with Crippen molar-refractivity contribution in [3.8, 4) is 0 Å². The molecule has 60 heavy (non-hydrogen) atoms. The first kappa shape index (κ1) is 59.1. The number of aliphatic hydroxyl groups is 3. The summed E-state index contributed by atoms with van der Waals surface area (Å²) in [5.74, 6) is -0.496. The molecule has 0 spiro atoms. The van der Waals surface area contributed by atoms with Crippen LogP contribution in [0.2, 0.25) is 0 Å². The number of unbranched alkanes of at least 4 members (excludes halogenated alkanes) is 43. The van der Waals surface area contributed by atoms with Crippen LogP contribution in [-0.4, -0.2) is 46.1 Å². The van der Waals surface area contributed by atoms with Crippen LogP contribution in [0.25, 0.3) is 0 Å². The molecule has 0 aromatic heterocycles. The fraction of sp³-hybridized carbons (Fsp3) is 0.945. The van der Waals surface area contributed by atoms with E-state index in [1.807, 2.05) is 6.08 Å². The highest BCUT2D eigenvalue weighted by Gasteiger charge is 2.22. The third kappa shape index (κ3) is 45.1. The summed E-state index contributed by atoms with van der Waals surface area (Å²) in [6.45, 7) is 4.22. The number of nitrogens with one attached hydrogen (secondary N) is 1. The van der Waals surface area contributed by atoms with Crippen LogP contribution in [0.15, 0.2) is 12.2 Å². The van der Waals surface area contributed by atoms with Gasteiger partial charge in [-0.25, -0.2) is 0 Å². The number of carbonyl (C=O) groups excluding carboxylic acids is 1. The van der Waals surface area contributed by atoms with Gasteiger partial charge in [-0.2, -0.15) is 0 Å². The molecule has 0 aromatic carbocycles. The van der Waals surface area contributed by atoms with Gasteiger partial charge in [0.05, 0.1) is 18.8 Å². The second kappa shape index (κ2) is 50.7. The monoisotopic (exact) mass is 848 g/mol. The summed E-state index contributed by atoms with van der Waals surface area (Å²) in [4.78, 5) is 12.5. The maximum Gasteiger partial charge on any atom is 0.249 e. The van der Waals surface area contributed by atoms with E-state index < -0.39 is 24.2 Å². The molecule has 5 nitrogen and oxygen atoms in total. The fourth-order valence-electron chi connectivity index (χ4n) is 8.84. The Morgan fingerprint density at radius 2 is 0.650 bits per heavy atom. The molecule has 0 rings (SSSR count). The summed E-state index contributed by atoms with van der Waals surface area (Å²) in [5.41, 5.74) is 0. The lowest BCUT2D eigenvalue weighted by atomic mass is 10.0. The molecule has 3 unspecified atom stereocenters. The first-order chi connectivity index (χ1) is 29.6. The first-order valence-electron chi connectivity index (χ1n) is 27.5. The van der Waals surface area contributed by atoms with Crippen LogP contribution in [0, 0.1) is 0 Å². The molecular formula is C55H109NO4. The lowest BCUT2D eigenvalue weighted by molar-refractivity contribution is -0.131. The van der Waals surface area contributed by atoms with E-state index in [9.17, 15) is 20.1 Å². The Morgan fingerprint density at radius 3 is 0.917 bits per heavy atom. The van der Waals surface area contributed by atoms with Crippen molar-refractivity contribution in [2.24, 2.45) is 0 Å². The lowest BCUT2D eigenvalue weighted by Crippen LogP contribution is -2.48. The molecule has 0 fully saturated rings. The maximum atomic E-state index is 12.5. The third-order valence-electron chi connectivity index (χ3n) is 13.1. The van der Waals surface area contributed by atoms with E-state index in [0.717, 1.165) is 32.1 Å². The highest BCUT2D eigenvalue weighted by atomic mass is 16.3. The summed E-state index contributed by atoms with van der Waals surface area (Å²) in [6, 6.07) is -0.794. The van der Waals surface area contributed by atoms with E-state index in [1.54, 1.807) is 6.08 Å². The molecule has 0 heterocycles. The van der Waals surface area contributed by atoms with Gasteiger partial charge in [0.15, 0.2) is 0 Å². The van der Waals surface area contributed by atoms with Crippen molar-refractivity contribution >= 4 is 5.91 Å². The van der Waals surface area contributed by atoms with Crippen LogP contribution < -0.4 is 5.32 Å². The molecule has 0 aliphatic carbocycles. The zero-order valence-corrected chi connectivity index (χ0v) is 40.9. The summed E-state index contributed by atoms with van der Waals surface area (Å²) in [7, 11) is 0. The quantitative estimate of drug-likeness (QED) is 0.0363. The smallest absolute Gasteiger partial charge is 0.249 e. The summed E-state index contributed by atoms with van der Waals surface area (Å²) in [5, 5.41) is 33.4. The van der Waals surface area contributed by atoms with Crippen LogP contribution in [0.5, 0.6) is 0 Å². The second-order valence-electron chi connectivity index (χ2n) is 19.2. The molecular weight excluding hydrogens is 739 g/mol. The van der Waals surface area contributed by atoms with Gasteiger partial charge in [-0.05, 0) is 19.3 Å². The topological polar surface area (TPSA) is 89.8 Å². The van der Waals surface area contributed by atoms with Crippen LogP contribution in [-0.2, 0) is 4.79 Å². The number of allylic oxidation sites excluding steroid dienone is 1. The molecule has 0 aliphatic heterocycles. The molecule has 0 bridgehead atoms. The predicted molar refractivity (Wildman–Crippen MR) is 264 cm³/mol. The first-order valence-corrected chi connectivity index (χ1v) is 27.5. The van der Waals surface area contributed by atoms with Crippen molar-refractivity contribution in [2.45, 2.75) is 327 Å². The van der Waals surface area contributed by atoms with Crippen LogP contribution in [0.1, 0.15) is 309 Å². The zero-order chi connectivity index (χ0) is 43.7.